The highest BCUT2D eigenvalue weighted by molar-refractivity contribution is 6.01. The van der Waals surface area contributed by atoms with Gasteiger partial charge in [-0.2, -0.15) is 5.10 Å². The first-order valence-corrected chi connectivity index (χ1v) is 7.72. The Morgan fingerprint density at radius 1 is 1.43 bits per heavy atom. The largest absolute Gasteiger partial charge is 0.382 e. The minimum atomic E-state index is 0.425. The first kappa shape index (κ1) is 14.1. The second kappa shape index (κ2) is 6.31. The Hall–Kier alpha value is -1.81. The van der Waals surface area contributed by atoms with Crippen molar-refractivity contribution in [3.63, 3.8) is 0 Å². The van der Waals surface area contributed by atoms with Crippen LogP contribution in [0.4, 0.5) is 0 Å². The molecule has 0 radical (unpaired) electrons. The zero-order valence-corrected chi connectivity index (χ0v) is 12.8. The van der Waals surface area contributed by atoms with E-state index in [9.17, 15) is 0 Å². The number of aromatic nitrogens is 1. The van der Waals surface area contributed by atoms with Crippen molar-refractivity contribution in [3.05, 3.63) is 42.2 Å². The van der Waals surface area contributed by atoms with Gasteiger partial charge in [-0.05, 0) is 37.5 Å². The third kappa shape index (κ3) is 2.95. The number of ether oxygens (including phenoxy) is 1. The van der Waals surface area contributed by atoms with E-state index in [-0.39, 0.29) is 0 Å². The van der Waals surface area contributed by atoms with Gasteiger partial charge in [0, 0.05) is 37.1 Å². The van der Waals surface area contributed by atoms with Gasteiger partial charge >= 0.3 is 0 Å². The van der Waals surface area contributed by atoms with Crippen LogP contribution in [0, 0.1) is 0 Å². The van der Waals surface area contributed by atoms with E-state index in [0.29, 0.717) is 6.04 Å². The smallest absolute Gasteiger partial charge is 0.0704 e. The van der Waals surface area contributed by atoms with Crippen LogP contribution in [0.25, 0.3) is 5.52 Å². The van der Waals surface area contributed by atoms with Gasteiger partial charge in [0.05, 0.1) is 18.4 Å². The molecule has 1 saturated heterocycles. The van der Waals surface area contributed by atoms with Crippen molar-refractivity contribution in [3.8, 4) is 0 Å². The number of hydrogen-bond acceptors (Lipinski definition) is 3. The number of hydrogen-bond donors (Lipinski definition) is 0. The van der Waals surface area contributed by atoms with E-state index in [1.807, 2.05) is 0 Å². The molecule has 4 nitrogen and oxygen atoms in total. The molecule has 1 atom stereocenters. The summed E-state index contributed by atoms with van der Waals surface area (Å²) < 4.78 is 7.46. The summed E-state index contributed by atoms with van der Waals surface area (Å²) in [4.78, 5) is 0. The predicted octanol–water partition coefficient (Wildman–Crippen LogP) is 3.16. The van der Waals surface area contributed by atoms with E-state index in [1.165, 1.54) is 23.9 Å². The molecule has 4 heteroatoms. The second-order valence-corrected chi connectivity index (χ2v) is 5.58. The molecule has 0 spiro atoms. The molecule has 1 aliphatic rings. The van der Waals surface area contributed by atoms with Crippen molar-refractivity contribution in [2.45, 2.75) is 32.2 Å². The normalized spacial score (nSPS) is 19.6. The SMILES string of the molecule is CC/C(=N\N1CCC[C@H]1COC)c1cc2ccccn2c1. The molecule has 3 heterocycles. The molecular weight excluding hydrogens is 262 g/mol. The maximum atomic E-state index is 5.31. The molecule has 1 fully saturated rings. The van der Waals surface area contributed by atoms with Crippen LogP contribution in [-0.4, -0.2) is 41.4 Å². The molecule has 0 unspecified atom stereocenters. The quantitative estimate of drug-likeness (QED) is 0.790. The molecule has 2 aromatic rings. The van der Waals surface area contributed by atoms with Crippen LogP contribution in [0.1, 0.15) is 31.7 Å². The summed E-state index contributed by atoms with van der Waals surface area (Å²) in [6, 6.07) is 8.88. The van der Waals surface area contributed by atoms with Gasteiger partial charge < -0.3 is 9.14 Å². The molecule has 2 aromatic heterocycles. The number of pyridine rings is 1. The van der Waals surface area contributed by atoms with Crippen molar-refractivity contribution in [2.75, 3.05) is 20.3 Å². The summed E-state index contributed by atoms with van der Waals surface area (Å²) in [6.07, 6.45) is 7.56. The summed E-state index contributed by atoms with van der Waals surface area (Å²) in [6.45, 7) is 3.96. The predicted molar refractivity (Wildman–Crippen MR) is 85.8 cm³/mol. The lowest BCUT2D eigenvalue weighted by molar-refractivity contribution is 0.118. The Kier molecular flexibility index (Phi) is 4.25. The highest BCUT2D eigenvalue weighted by Crippen LogP contribution is 2.20. The monoisotopic (exact) mass is 285 g/mol. The van der Waals surface area contributed by atoms with Crippen LogP contribution in [0.15, 0.2) is 41.8 Å². The van der Waals surface area contributed by atoms with Crippen molar-refractivity contribution >= 4 is 11.2 Å². The number of methoxy groups -OCH3 is 1. The third-order valence-corrected chi connectivity index (χ3v) is 4.13. The van der Waals surface area contributed by atoms with Crippen molar-refractivity contribution in [2.24, 2.45) is 5.10 Å². The lowest BCUT2D eigenvalue weighted by atomic mass is 10.1. The highest BCUT2D eigenvalue weighted by Gasteiger charge is 2.23. The number of fused-ring (bicyclic) bond motifs is 1. The molecule has 0 N–H and O–H groups in total. The summed E-state index contributed by atoms with van der Waals surface area (Å²) in [5.74, 6) is 0. The van der Waals surface area contributed by atoms with E-state index in [1.54, 1.807) is 7.11 Å². The van der Waals surface area contributed by atoms with Gasteiger partial charge in [0.15, 0.2) is 0 Å². The highest BCUT2D eigenvalue weighted by atomic mass is 16.5. The topological polar surface area (TPSA) is 29.2 Å². The fourth-order valence-electron chi connectivity index (χ4n) is 3.01. The van der Waals surface area contributed by atoms with Crippen molar-refractivity contribution < 1.29 is 4.74 Å². The molecule has 3 rings (SSSR count). The number of rotatable bonds is 5. The summed E-state index contributed by atoms with van der Waals surface area (Å²) >= 11 is 0. The van der Waals surface area contributed by atoms with Crippen molar-refractivity contribution in [1.82, 2.24) is 9.41 Å². The third-order valence-electron chi connectivity index (χ3n) is 4.13. The molecule has 21 heavy (non-hydrogen) atoms. The first-order valence-electron chi connectivity index (χ1n) is 7.72. The molecule has 112 valence electrons. The van der Waals surface area contributed by atoms with Crippen LogP contribution < -0.4 is 0 Å². The summed E-state index contributed by atoms with van der Waals surface area (Å²) in [5.41, 5.74) is 3.58. The average Bonchev–Trinajstić information content (AvgIpc) is 3.11. The Balaban J connectivity index is 1.88. The minimum absolute atomic E-state index is 0.425. The average molecular weight is 285 g/mol. The zero-order chi connectivity index (χ0) is 14.7. The fraction of sp³-hybridized carbons (Fsp3) is 0.471. The van der Waals surface area contributed by atoms with Crippen LogP contribution >= 0.6 is 0 Å². The zero-order valence-electron chi connectivity index (χ0n) is 12.8. The first-order chi connectivity index (χ1) is 10.3. The fourth-order valence-corrected chi connectivity index (χ4v) is 3.01. The standard InChI is InChI=1S/C17H23N3O/c1-3-17(18-20-10-6-8-16(20)13-21-2)14-11-15-7-4-5-9-19(15)12-14/h4-5,7,9,11-12,16H,3,6,8,10,13H2,1-2H3/b18-17+/t16-/m0/s1. The van der Waals surface area contributed by atoms with E-state index >= 15 is 0 Å². The van der Waals surface area contributed by atoms with E-state index in [4.69, 9.17) is 9.84 Å². The Morgan fingerprint density at radius 3 is 3.10 bits per heavy atom. The molecule has 0 aliphatic carbocycles. The number of hydrazone groups is 1. The van der Waals surface area contributed by atoms with Crippen LogP contribution in [0.2, 0.25) is 0 Å². The molecule has 0 aromatic carbocycles. The van der Waals surface area contributed by atoms with Crippen LogP contribution in [0.3, 0.4) is 0 Å². The maximum Gasteiger partial charge on any atom is 0.0704 e. The minimum Gasteiger partial charge on any atom is -0.382 e. The molecule has 0 saturated carbocycles. The number of nitrogens with zero attached hydrogens (tertiary/aromatic N) is 3. The van der Waals surface area contributed by atoms with Crippen LogP contribution in [-0.2, 0) is 4.74 Å². The van der Waals surface area contributed by atoms with E-state index in [2.05, 4.69) is 53.0 Å². The van der Waals surface area contributed by atoms with Gasteiger partial charge in [0.2, 0.25) is 0 Å². The molecule has 0 bridgehead atoms. The van der Waals surface area contributed by atoms with E-state index in [0.717, 1.165) is 25.3 Å². The van der Waals surface area contributed by atoms with Gasteiger partial charge in [-0.15, -0.1) is 0 Å². The van der Waals surface area contributed by atoms with Gasteiger partial charge in [-0.1, -0.05) is 13.0 Å². The van der Waals surface area contributed by atoms with Crippen molar-refractivity contribution in [1.29, 1.82) is 0 Å². The van der Waals surface area contributed by atoms with Gasteiger partial charge in [0.25, 0.3) is 0 Å². The van der Waals surface area contributed by atoms with Gasteiger partial charge in [-0.25, -0.2) is 0 Å². The lowest BCUT2D eigenvalue weighted by Gasteiger charge is -2.22. The Morgan fingerprint density at radius 2 is 2.33 bits per heavy atom. The summed E-state index contributed by atoms with van der Waals surface area (Å²) in [7, 11) is 1.77. The molecular formula is C17H23N3O. The Labute approximate surface area is 126 Å². The van der Waals surface area contributed by atoms with Gasteiger partial charge in [0.1, 0.15) is 0 Å². The molecule has 1 aliphatic heterocycles. The molecule has 0 amide bonds. The maximum absolute atomic E-state index is 5.31. The summed E-state index contributed by atoms with van der Waals surface area (Å²) in [5, 5.41) is 7.13. The lowest BCUT2D eigenvalue weighted by Crippen LogP contribution is -2.29. The van der Waals surface area contributed by atoms with Crippen LogP contribution in [0.5, 0.6) is 0 Å². The Bertz CT molecular complexity index is 599. The second-order valence-electron chi connectivity index (χ2n) is 5.58. The van der Waals surface area contributed by atoms with Gasteiger partial charge in [-0.3, -0.25) is 5.01 Å². The van der Waals surface area contributed by atoms with E-state index < -0.39 is 0 Å².